The lowest BCUT2D eigenvalue weighted by Gasteiger charge is -2.03. The van der Waals surface area contributed by atoms with E-state index in [1.807, 2.05) is 12.1 Å². The number of nitrogen functional groups attached to an aromatic ring is 1. The SMILES string of the molecule is NNc1cncc(Sc2ncccc2Br)n1. The average molecular weight is 298 g/mol. The number of hydrogen-bond donors (Lipinski definition) is 2. The van der Waals surface area contributed by atoms with E-state index in [1.54, 1.807) is 18.6 Å². The van der Waals surface area contributed by atoms with Crippen molar-refractivity contribution in [1.29, 1.82) is 0 Å². The van der Waals surface area contributed by atoms with Crippen LogP contribution in [0, 0.1) is 0 Å². The molecule has 0 radical (unpaired) electrons. The van der Waals surface area contributed by atoms with Gasteiger partial charge >= 0.3 is 0 Å². The number of anilines is 1. The summed E-state index contributed by atoms with van der Waals surface area (Å²) < 4.78 is 0.924. The first-order valence-corrected chi connectivity index (χ1v) is 5.97. The van der Waals surface area contributed by atoms with Crippen LogP contribution in [0.15, 0.2) is 45.2 Å². The normalized spacial score (nSPS) is 10.1. The largest absolute Gasteiger partial charge is 0.307 e. The first kappa shape index (κ1) is 11.3. The Morgan fingerprint density at radius 2 is 2.25 bits per heavy atom. The summed E-state index contributed by atoms with van der Waals surface area (Å²) in [5.74, 6) is 5.78. The molecule has 2 rings (SSSR count). The van der Waals surface area contributed by atoms with Crippen molar-refractivity contribution < 1.29 is 0 Å². The van der Waals surface area contributed by atoms with Gasteiger partial charge in [-0.3, -0.25) is 4.98 Å². The standard InChI is InChI=1S/C9H8BrN5S/c10-6-2-1-3-13-9(6)16-8-5-12-4-7(14-8)15-11/h1-5H,11H2,(H,14,15). The van der Waals surface area contributed by atoms with Crippen molar-refractivity contribution in [1.82, 2.24) is 15.0 Å². The maximum Gasteiger partial charge on any atom is 0.159 e. The summed E-state index contributed by atoms with van der Waals surface area (Å²) in [6, 6.07) is 3.78. The molecule has 0 saturated carbocycles. The van der Waals surface area contributed by atoms with Gasteiger partial charge in [0.2, 0.25) is 0 Å². The smallest absolute Gasteiger partial charge is 0.159 e. The van der Waals surface area contributed by atoms with Crippen molar-refractivity contribution in [3.63, 3.8) is 0 Å². The number of nitrogens with two attached hydrogens (primary N) is 1. The van der Waals surface area contributed by atoms with E-state index < -0.39 is 0 Å². The molecule has 0 bridgehead atoms. The van der Waals surface area contributed by atoms with Crippen molar-refractivity contribution >= 4 is 33.5 Å². The number of nitrogens with zero attached hydrogens (tertiary/aromatic N) is 3. The highest BCUT2D eigenvalue weighted by Crippen LogP contribution is 2.29. The predicted molar refractivity (Wildman–Crippen MR) is 65.9 cm³/mol. The number of hydrogen-bond acceptors (Lipinski definition) is 6. The fourth-order valence-corrected chi connectivity index (χ4v) is 2.24. The van der Waals surface area contributed by atoms with Gasteiger partial charge in [-0.1, -0.05) is 0 Å². The van der Waals surface area contributed by atoms with Crippen LogP contribution >= 0.6 is 27.7 Å². The van der Waals surface area contributed by atoms with Crippen LogP contribution in [0.25, 0.3) is 0 Å². The molecule has 0 amide bonds. The predicted octanol–water partition coefficient (Wildman–Crippen LogP) is 2.07. The number of aromatic nitrogens is 3. The summed E-state index contributed by atoms with van der Waals surface area (Å²) in [5.41, 5.74) is 2.45. The molecule has 2 aromatic heterocycles. The fourth-order valence-electron chi connectivity index (χ4n) is 1.01. The van der Waals surface area contributed by atoms with Gasteiger partial charge in [0.05, 0.1) is 16.9 Å². The van der Waals surface area contributed by atoms with Gasteiger partial charge in [0.25, 0.3) is 0 Å². The minimum absolute atomic E-state index is 0.525. The van der Waals surface area contributed by atoms with Crippen LogP contribution in [-0.4, -0.2) is 15.0 Å². The minimum atomic E-state index is 0.525. The van der Waals surface area contributed by atoms with Crippen LogP contribution in [0.5, 0.6) is 0 Å². The van der Waals surface area contributed by atoms with E-state index in [2.05, 4.69) is 36.3 Å². The molecule has 7 heteroatoms. The molecule has 0 aromatic carbocycles. The molecule has 0 aliphatic heterocycles. The number of hydrazine groups is 1. The zero-order valence-electron chi connectivity index (χ0n) is 8.09. The molecule has 0 spiro atoms. The van der Waals surface area contributed by atoms with Gasteiger partial charge in [0.1, 0.15) is 10.1 Å². The highest BCUT2D eigenvalue weighted by molar-refractivity contribution is 9.10. The van der Waals surface area contributed by atoms with Crippen molar-refractivity contribution in [3.05, 3.63) is 35.2 Å². The van der Waals surface area contributed by atoms with Gasteiger partial charge in [0, 0.05) is 6.20 Å². The van der Waals surface area contributed by atoms with Crippen molar-refractivity contribution in [2.24, 2.45) is 5.84 Å². The highest BCUT2D eigenvalue weighted by atomic mass is 79.9. The Bertz CT molecular complexity index is 493. The number of nitrogens with one attached hydrogen (secondary N) is 1. The number of rotatable bonds is 3. The van der Waals surface area contributed by atoms with Crippen LogP contribution in [-0.2, 0) is 0 Å². The van der Waals surface area contributed by atoms with Crippen molar-refractivity contribution in [3.8, 4) is 0 Å². The summed E-state index contributed by atoms with van der Waals surface area (Å²) in [6.07, 6.45) is 4.94. The molecule has 5 nitrogen and oxygen atoms in total. The Morgan fingerprint density at radius 3 is 3.00 bits per heavy atom. The molecule has 16 heavy (non-hydrogen) atoms. The Kier molecular flexibility index (Phi) is 3.70. The average Bonchev–Trinajstić information content (AvgIpc) is 2.32. The third kappa shape index (κ3) is 2.69. The Balaban J connectivity index is 2.24. The molecule has 3 N–H and O–H groups in total. The third-order valence-corrected chi connectivity index (χ3v) is 3.51. The lowest BCUT2D eigenvalue weighted by molar-refractivity contribution is 1.03. The van der Waals surface area contributed by atoms with Crippen LogP contribution < -0.4 is 11.3 Å². The molecule has 0 fully saturated rings. The van der Waals surface area contributed by atoms with Gasteiger partial charge in [-0.05, 0) is 39.8 Å². The highest BCUT2D eigenvalue weighted by Gasteiger charge is 2.05. The van der Waals surface area contributed by atoms with E-state index in [4.69, 9.17) is 5.84 Å². The van der Waals surface area contributed by atoms with Crippen LogP contribution in [0.4, 0.5) is 5.82 Å². The van der Waals surface area contributed by atoms with E-state index >= 15 is 0 Å². The van der Waals surface area contributed by atoms with E-state index in [-0.39, 0.29) is 0 Å². The van der Waals surface area contributed by atoms with Gasteiger partial charge < -0.3 is 5.43 Å². The third-order valence-electron chi connectivity index (χ3n) is 1.69. The first-order valence-electron chi connectivity index (χ1n) is 4.36. The topological polar surface area (TPSA) is 76.7 Å². The molecule has 0 aliphatic carbocycles. The van der Waals surface area contributed by atoms with E-state index in [0.717, 1.165) is 14.5 Å². The van der Waals surface area contributed by atoms with Crippen molar-refractivity contribution in [2.45, 2.75) is 10.1 Å². The van der Waals surface area contributed by atoms with Crippen LogP contribution in [0.1, 0.15) is 0 Å². The maximum absolute atomic E-state index is 5.26. The van der Waals surface area contributed by atoms with Gasteiger partial charge in [0.15, 0.2) is 5.82 Å². The van der Waals surface area contributed by atoms with Gasteiger partial charge in [-0.2, -0.15) is 0 Å². The second-order valence-electron chi connectivity index (χ2n) is 2.78. The molecule has 0 unspecified atom stereocenters. The van der Waals surface area contributed by atoms with Gasteiger partial charge in [-0.15, -0.1) is 0 Å². The zero-order chi connectivity index (χ0) is 11.4. The molecular formula is C9H8BrN5S. The fraction of sp³-hybridized carbons (Fsp3) is 0. The number of halogens is 1. The Labute approximate surface area is 105 Å². The molecule has 0 saturated heterocycles. The van der Waals surface area contributed by atoms with Crippen molar-refractivity contribution in [2.75, 3.05) is 5.43 Å². The minimum Gasteiger partial charge on any atom is -0.307 e. The Hall–Kier alpha value is -1.18. The quantitative estimate of drug-likeness (QED) is 0.667. The number of pyridine rings is 1. The molecular weight excluding hydrogens is 290 g/mol. The summed E-state index contributed by atoms with van der Waals surface area (Å²) in [6.45, 7) is 0. The second kappa shape index (κ2) is 5.24. The van der Waals surface area contributed by atoms with E-state index in [9.17, 15) is 0 Å². The van der Waals surface area contributed by atoms with Crippen LogP contribution in [0.2, 0.25) is 0 Å². The molecule has 0 aliphatic rings. The summed E-state index contributed by atoms with van der Waals surface area (Å²) in [5, 5.41) is 1.57. The van der Waals surface area contributed by atoms with E-state index in [0.29, 0.717) is 5.82 Å². The summed E-state index contributed by atoms with van der Waals surface area (Å²) in [7, 11) is 0. The molecule has 2 heterocycles. The zero-order valence-corrected chi connectivity index (χ0v) is 10.5. The second-order valence-corrected chi connectivity index (χ2v) is 4.64. The summed E-state index contributed by atoms with van der Waals surface area (Å²) >= 11 is 4.83. The summed E-state index contributed by atoms with van der Waals surface area (Å²) in [4.78, 5) is 12.5. The lowest BCUT2D eigenvalue weighted by Crippen LogP contribution is -2.08. The van der Waals surface area contributed by atoms with Crippen LogP contribution in [0.3, 0.4) is 0 Å². The van der Waals surface area contributed by atoms with E-state index in [1.165, 1.54) is 11.8 Å². The lowest BCUT2D eigenvalue weighted by atomic mass is 10.5. The first-order chi connectivity index (χ1) is 7.79. The monoisotopic (exact) mass is 297 g/mol. The Morgan fingerprint density at radius 1 is 1.38 bits per heavy atom. The molecule has 0 atom stereocenters. The molecule has 2 aromatic rings. The van der Waals surface area contributed by atoms with Gasteiger partial charge in [-0.25, -0.2) is 15.8 Å². The maximum atomic E-state index is 5.26. The molecule has 82 valence electrons.